The number of hydrogen-bond acceptors (Lipinski definition) is 5. The fraction of sp³-hybridized carbons (Fsp3) is 0.750. The molecule has 1 aromatic rings. The van der Waals surface area contributed by atoms with Gasteiger partial charge in [-0.15, -0.1) is 5.10 Å². The lowest BCUT2D eigenvalue weighted by atomic mass is 10.00. The number of anilines is 1. The molecule has 7 nitrogen and oxygen atoms in total. The largest absolute Gasteiger partial charge is 0.327 e. The first-order valence-corrected chi connectivity index (χ1v) is 5.04. The van der Waals surface area contributed by atoms with Crippen LogP contribution in [0.2, 0.25) is 0 Å². The Labute approximate surface area is 86.8 Å². The van der Waals surface area contributed by atoms with Crippen LogP contribution in [0.1, 0.15) is 25.7 Å². The zero-order chi connectivity index (χ0) is 10.7. The predicted octanol–water partition coefficient (Wildman–Crippen LogP) is -0.344. The Kier molecular flexibility index (Phi) is 2.91. The van der Waals surface area contributed by atoms with Crippen molar-refractivity contribution in [3.8, 4) is 0 Å². The maximum absolute atomic E-state index is 11.5. The summed E-state index contributed by atoms with van der Waals surface area (Å²) in [5, 5.41) is 15.5. The van der Waals surface area contributed by atoms with Crippen LogP contribution in [0.15, 0.2) is 0 Å². The van der Waals surface area contributed by atoms with Gasteiger partial charge in [0.15, 0.2) is 0 Å². The topological polar surface area (TPSA) is 110 Å². The first kappa shape index (κ1) is 10.0. The number of carbonyl (C=O) groups excluding carboxylic acids is 1. The number of rotatable bonds is 3. The van der Waals surface area contributed by atoms with E-state index in [4.69, 9.17) is 5.73 Å². The first-order valence-electron chi connectivity index (χ1n) is 5.04. The van der Waals surface area contributed by atoms with Crippen LogP contribution in [0, 0.1) is 5.92 Å². The summed E-state index contributed by atoms with van der Waals surface area (Å²) in [7, 11) is 0. The molecule has 82 valence electrons. The molecule has 1 aliphatic rings. The molecule has 1 fully saturated rings. The van der Waals surface area contributed by atoms with Gasteiger partial charge in [-0.2, -0.15) is 5.21 Å². The molecule has 7 heteroatoms. The number of H-pyrrole nitrogens is 1. The lowest BCUT2D eigenvalue weighted by Gasteiger charge is -2.13. The van der Waals surface area contributed by atoms with Crippen LogP contribution in [0.3, 0.4) is 0 Å². The lowest BCUT2D eigenvalue weighted by molar-refractivity contribution is -0.117. The van der Waals surface area contributed by atoms with Crippen molar-refractivity contribution in [1.29, 1.82) is 0 Å². The molecule has 0 saturated heterocycles. The van der Waals surface area contributed by atoms with Gasteiger partial charge in [0, 0.05) is 12.5 Å². The molecule has 1 aromatic heterocycles. The summed E-state index contributed by atoms with van der Waals surface area (Å²) in [6.07, 6.45) is 3.60. The zero-order valence-electron chi connectivity index (χ0n) is 8.31. The number of nitrogens with zero attached hydrogens (tertiary/aromatic N) is 3. The third-order valence-corrected chi connectivity index (χ3v) is 2.76. The Morgan fingerprint density at radius 2 is 2.47 bits per heavy atom. The van der Waals surface area contributed by atoms with Crippen LogP contribution >= 0.6 is 0 Å². The van der Waals surface area contributed by atoms with Gasteiger partial charge in [-0.25, -0.2) is 0 Å². The van der Waals surface area contributed by atoms with E-state index in [0.29, 0.717) is 6.42 Å². The summed E-state index contributed by atoms with van der Waals surface area (Å²) >= 11 is 0. The van der Waals surface area contributed by atoms with Gasteiger partial charge in [-0.05, 0) is 24.0 Å². The van der Waals surface area contributed by atoms with Gasteiger partial charge < -0.3 is 5.73 Å². The highest BCUT2D eigenvalue weighted by Gasteiger charge is 2.26. The fourth-order valence-electron chi connectivity index (χ4n) is 1.95. The second kappa shape index (κ2) is 4.35. The normalized spacial score (nSPS) is 25.4. The van der Waals surface area contributed by atoms with Gasteiger partial charge in [0.2, 0.25) is 5.91 Å². The van der Waals surface area contributed by atoms with Crippen LogP contribution in [-0.2, 0) is 4.79 Å². The molecule has 0 bridgehead atoms. The van der Waals surface area contributed by atoms with Crippen LogP contribution in [-0.4, -0.2) is 32.6 Å². The minimum absolute atomic E-state index is 0.0984. The van der Waals surface area contributed by atoms with Crippen LogP contribution in [0.5, 0.6) is 0 Å². The van der Waals surface area contributed by atoms with Gasteiger partial charge >= 0.3 is 0 Å². The molecule has 0 spiro atoms. The van der Waals surface area contributed by atoms with E-state index in [1.807, 2.05) is 0 Å². The molecule has 2 rings (SSSR count). The number of tetrazole rings is 1. The Morgan fingerprint density at radius 1 is 1.60 bits per heavy atom. The number of aromatic nitrogens is 4. The minimum Gasteiger partial charge on any atom is -0.327 e. The molecule has 15 heavy (non-hydrogen) atoms. The van der Waals surface area contributed by atoms with Crippen molar-refractivity contribution in [2.75, 3.05) is 5.32 Å². The Hall–Kier alpha value is -1.50. The Bertz CT molecular complexity index is 324. The molecule has 0 unspecified atom stereocenters. The highest BCUT2D eigenvalue weighted by atomic mass is 16.1. The highest BCUT2D eigenvalue weighted by molar-refractivity contribution is 5.88. The first-order chi connectivity index (χ1) is 7.25. The van der Waals surface area contributed by atoms with Crippen molar-refractivity contribution in [3.05, 3.63) is 0 Å². The van der Waals surface area contributed by atoms with Crippen molar-refractivity contribution in [2.24, 2.45) is 11.7 Å². The zero-order valence-corrected chi connectivity index (χ0v) is 8.31. The number of carbonyl (C=O) groups is 1. The summed E-state index contributed by atoms with van der Waals surface area (Å²) in [5.74, 6) is 0.405. The summed E-state index contributed by atoms with van der Waals surface area (Å²) in [4.78, 5) is 11.5. The van der Waals surface area contributed by atoms with E-state index in [-0.39, 0.29) is 23.8 Å². The van der Waals surface area contributed by atoms with Crippen molar-refractivity contribution in [1.82, 2.24) is 20.6 Å². The summed E-state index contributed by atoms with van der Waals surface area (Å²) in [6.45, 7) is 0. The van der Waals surface area contributed by atoms with Gasteiger partial charge in [-0.3, -0.25) is 10.1 Å². The Morgan fingerprint density at radius 3 is 3.07 bits per heavy atom. The summed E-state index contributed by atoms with van der Waals surface area (Å²) < 4.78 is 0. The van der Waals surface area contributed by atoms with Crippen molar-refractivity contribution < 1.29 is 4.79 Å². The monoisotopic (exact) mass is 210 g/mol. The number of hydrogen-bond donors (Lipinski definition) is 3. The quantitative estimate of drug-likeness (QED) is 0.632. The average Bonchev–Trinajstić information content (AvgIpc) is 2.79. The van der Waals surface area contributed by atoms with E-state index in [9.17, 15) is 4.79 Å². The molecular weight excluding hydrogens is 196 g/mol. The molecule has 0 aliphatic heterocycles. The molecular formula is C8H14N6O. The maximum Gasteiger partial charge on any atom is 0.269 e. The third kappa shape index (κ3) is 2.50. The van der Waals surface area contributed by atoms with Gasteiger partial charge in [0.05, 0.1) is 0 Å². The lowest BCUT2D eigenvalue weighted by Crippen LogP contribution is -2.28. The molecule has 1 aliphatic carbocycles. The number of aromatic amines is 1. The molecule has 1 heterocycles. The molecule has 1 saturated carbocycles. The van der Waals surface area contributed by atoms with E-state index in [2.05, 4.69) is 25.9 Å². The van der Waals surface area contributed by atoms with Crippen LogP contribution < -0.4 is 11.1 Å². The SMILES string of the molecule is N[C@@H]1CCC[C@H]1CC(=O)Nc1nn[nH]n1. The molecule has 4 N–H and O–H groups in total. The highest BCUT2D eigenvalue weighted by Crippen LogP contribution is 2.26. The predicted molar refractivity (Wildman–Crippen MR) is 52.7 cm³/mol. The molecule has 0 radical (unpaired) electrons. The molecule has 0 aromatic carbocycles. The van der Waals surface area contributed by atoms with E-state index in [1.165, 1.54) is 0 Å². The minimum atomic E-state index is -0.0984. The van der Waals surface area contributed by atoms with Crippen LogP contribution in [0.4, 0.5) is 5.95 Å². The van der Waals surface area contributed by atoms with Gasteiger partial charge in [-0.1, -0.05) is 11.5 Å². The van der Waals surface area contributed by atoms with E-state index < -0.39 is 0 Å². The number of nitrogens with two attached hydrogens (primary N) is 1. The summed E-state index contributed by atoms with van der Waals surface area (Å²) in [6, 6.07) is 0.154. The second-order valence-corrected chi connectivity index (χ2v) is 3.84. The van der Waals surface area contributed by atoms with E-state index >= 15 is 0 Å². The fourth-order valence-corrected chi connectivity index (χ4v) is 1.95. The Balaban J connectivity index is 1.82. The smallest absolute Gasteiger partial charge is 0.269 e. The van der Waals surface area contributed by atoms with Gasteiger partial charge in [0.1, 0.15) is 0 Å². The van der Waals surface area contributed by atoms with Crippen molar-refractivity contribution in [2.45, 2.75) is 31.7 Å². The second-order valence-electron chi connectivity index (χ2n) is 3.84. The van der Waals surface area contributed by atoms with E-state index in [1.54, 1.807) is 0 Å². The van der Waals surface area contributed by atoms with Crippen LogP contribution in [0.25, 0.3) is 0 Å². The molecule has 2 atom stereocenters. The number of amides is 1. The summed E-state index contributed by atoms with van der Waals surface area (Å²) in [5.41, 5.74) is 5.87. The van der Waals surface area contributed by atoms with Gasteiger partial charge in [0.25, 0.3) is 5.95 Å². The molecule has 1 amide bonds. The standard InChI is InChI=1S/C8H14N6O/c9-6-3-1-2-5(6)4-7(15)10-8-11-13-14-12-8/h5-6H,1-4,9H2,(H2,10,11,12,13,14,15)/t5-,6+/m0/s1. The third-order valence-electron chi connectivity index (χ3n) is 2.76. The average molecular weight is 210 g/mol. The number of nitrogens with one attached hydrogen (secondary N) is 2. The van der Waals surface area contributed by atoms with Crippen molar-refractivity contribution in [3.63, 3.8) is 0 Å². The maximum atomic E-state index is 11.5. The van der Waals surface area contributed by atoms with Crippen molar-refractivity contribution >= 4 is 11.9 Å². The van der Waals surface area contributed by atoms with E-state index in [0.717, 1.165) is 19.3 Å².